The van der Waals surface area contributed by atoms with Gasteiger partial charge in [-0.3, -0.25) is 4.79 Å². The van der Waals surface area contributed by atoms with Gasteiger partial charge in [-0.2, -0.15) is 11.8 Å². The van der Waals surface area contributed by atoms with Gasteiger partial charge in [0.15, 0.2) is 0 Å². The molecule has 1 atom stereocenters. The van der Waals surface area contributed by atoms with E-state index in [4.69, 9.17) is 0 Å². The van der Waals surface area contributed by atoms with Crippen LogP contribution in [0.15, 0.2) is 0 Å². The molecule has 2 aliphatic rings. The van der Waals surface area contributed by atoms with E-state index in [0.29, 0.717) is 6.04 Å². The van der Waals surface area contributed by atoms with Crippen LogP contribution in [0.25, 0.3) is 0 Å². The molecular formula is C10H19ClN2OS2. The van der Waals surface area contributed by atoms with E-state index >= 15 is 0 Å². The molecule has 6 heteroatoms. The third-order valence-electron chi connectivity index (χ3n) is 2.79. The Hall–Kier alpha value is 0.420. The summed E-state index contributed by atoms with van der Waals surface area (Å²) in [4.78, 5) is 11.9. The van der Waals surface area contributed by atoms with E-state index < -0.39 is 0 Å². The monoisotopic (exact) mass is 282 g/mol. The topological polar surface area (TPSA) is 41.1 Å². The smallest absolute Gasteiger partial charge is 0.234 e. The Kier molecular flexibility index (Phi) is 6.96. The van der Waals surface area contributed by atoms with Crippen LogP contribution in [-0.2, 0) is 4.79 Å². The van der Waals surface area contributed by atoms with E-state index in [-0.39, 0.29) is 23.6 Å². The molecule has 0 aromatic rings. The number of halogens is 1. The third-order valence-corrected chi connectivity index (χ3v) is 5.55. The van der Waals surface area contributed by atoms with Crippen molar-refractivity contribution in [2.45, 2.75) is 24.1 Å². The van der Waals surface area contributed by atoms with Crippen molar-refractivity contribution >= 4 is 41.8 Å². The number of hydrogen-bond donors (Lipinski definition) is 2. The minimum absolute atomic E-state index is 0. The zero-order valence-electron chi connectivity index (χ0n) is 9.24. The molecule has 0 aromatic carbocycles. The molecule has 0 bridgehead atoms. The van der Waals surface area contributed by atoms with Crippen molar-refractivity contribution in [3.8, 4) is 0 Å². The highest BCUT2D eigenvalue weighted by Gasteiger charge is 2.24. The minimum Gasteiger partial charge on any atom is -0.352 e. The first-order chi connectivity index (χ1) is 7.36. The van der Waals surface area contributed by atoms with E-state index in [2.05, 4.69) is 10.6 Å². The minimum atomic E-state index is 0. The van der Waals surface area contributed by atoms with Crippen molar-refractivity contribution in [2.24, 2.45) is 0 Å². The second-order valence-corrected chi connectivity index (χ2v) is 6.43. The molecule has 0 aliphatic carbocycles. The van der Waals surface area contributed by atoms with Gasteiger partial charge in [0.2, 0.25) is 5.91 Å². The van der Waals surface area contributed by atoms with Crippen LogP contribution in [0.4, 0.5) is 0 Å². The van der Waals surface area contributed by atoms with E-state index in [1.54, 1.807) is 0 Å². The van der Waals surface area contributed by atoms with E-state index in [0.717, 1.165) is 37.4 Å². The van der Waals surface area contributed by atoms with Gasteiger partial charge in [0.1, 0.15) is 0 Å². The Morgan fingerprint density at radius 3 is 2.62 bits per heavy atom. The van der Waals surface area contributed by atoms with Crippen molar-refractivity contribution in [3.63, 3.8) is 0 Å². The molecule has 0 radical (unpaired) electrons. The standard InChI is InChI=1S/C10H18N2OS2.ClH/c13-10(9-7-14-5-6-15-9)12-8-1-3-11-4-2-8;/h8-9,11H,1-7H2,(H,12,13);1H. The van der Waals surface area contributed by atoms with Crippen LogP contribution in [0.3, 0.4) is 0 Å². The van der Waals surface area contributed by atoms with E-state index in [9.17, 15) is 4.79 Å². The van der Waals surface area contributed by atoms with Crippen molar-refractivity contribution in [2.75, 3.05) is 30.3 Å². The summed E-state index contributed by atoms with van der Waals surface area (Å²) in [6.07, 6.45) is 2.16. The Labute approximate surface area is 112 Å². The summed E-state index contributed by atoms with van der Waals surface area (Å²) in [5.74, 6) is 3.57. The number of nitrogens with one attached hydrogen (secondary N) is 2. The molecule has 3 nitrogen and oxygen atoms in total. The fourth-order valence-corrected chi connectivity index (χ4v) is 4.47. The molecular weight excluding hydrogens is 264 g/mol. The van der Waals surface area contributed by atoms with E-state index in [1.807, 2.05) is 23.5 Å². The summed E-state index contributed by atoms with van der Waals surface area (Å²) in [7, 11) is 0. The highest BCUT2D eigenvalue weighted by molar-refractivity contribution is 8.07. The summed E-state index contributed by atoms with van der Waals surface area (Å²) in [5.41, 5.74) is 0. The lowest BCUT2D eigenvalue weighted by Crippen LogP contribution is -2.46. The summed E-state index contributed by atoms with van der Waals surface area (Å²) >= 11 is 3.71. The zero-order chi connectivity index (χ0) is 10.5. The maximum Gasteiger partial charge on any atom is 0.234 e. The number of carbonyl (C=O) groups is 1. The first-order valence-electron chi connectivity index (χ1n) is 5.57. The molecule has 0 spiro atoms. The summed E-state index contributed by atoms with van der Waals surface area (Å²) < 4.78 is 0. The lowest BCUT2D eigenvalue weighted by atomic mass is 10.1. The molecule has 94 valence electrons. The zero-order valence-corrected chi connectivity index (χ0v) is 11.7. The fourth-order valence-electron chi connectivity index (χ4n) is 1.90. The highest BCUT2D eigenvalue weighted by Crippen LogP contribution is 2.24. The van der Waals surface area contributed by atoms with Gasteiger partial charge >= 0.3 is 0 Å². The van der Waals surface area contributed by atoms with Crippen molar-refractivity contribution in [1.82, 2.24) is 10.6 Å². The molecule has 16 heavy (non-hydrogen) atoms. The van der Waals surface area contributed by atoms with Gasteiger partial charge in [-0.15, -0.1) is 24.2 Å². The van der Waals surface area contributed by atoms with Crippen LogP contribution in [0, 0.1) is 0 Å². The number of carbonyl (C=O) groups excluding carboxylic acids is 1. The molecule has 2 aliphatic heterocycles. The van der Waals surface area contributed by atoms with Crippen LogP contribution in [0.1, 0.15) is 12.8 Å². The van der Waals surface area contributed by atoms with Crippen LogP contribution >= 0.6 is 35.9 Å². The molecule has 2 heterocycles. The van der Waals surface area contributed by atoms with Gasteiger partial charge in [0.05, 0.1) is 5.25 Å². The van der Waals surface area contributed by atoms with Crippen LogP contribution in [-0.4, -0.2) is 47.5 Å². The van der Waals surface area contributed by atoms with Gasteiger partial charge in [-0.05, 0) is 25.9 Å². The normalized spacial score (nSPS) is 26.9. The third kappa shape index (κ3) is 4.35. The predicted molar refractivity (Wildman–Crippen MR) is 74.9 cm³/mol. The van der Waals surface area contributed by atoms with Crippen LogP contribution in [0.2, 0.25) is 0 Å². The van der Waals surface area contributed by atoms with Crippen LogP contribution < -0.4 is 10.6 Å². The first-order valence-corrected chi connectivity index (χ1v) is 7.77. The number of thioether (sulfide) groups is 2. The SMILES string of the molecule is Cl.O=C(NC1CCNCC1)C1CSCCS1. The van der Waals surface area contributed by atoms with Gasteiger partial charge in [0, 0.05) is 23.3 Å². The molecule has 2 fully saturated rings. The Bertz CT molecular complexity index is 219. The lowest BCUT2D eigenvalue weighted by Gasteiger charge is -2.27. The summed E-state index contributed by atoms with van der Waals surface area (Å²) in [6.45, 7) is 2.08. The lowest BCUT2D eigenvalue weighted by molar-refractivity contribution is -0.121. The van der Waals surface area contributed by atoms with Gasteiger partial charge in [-0.1, -0.05) is 0 Å². The number of amides is 1. The van der Waals surface area contributed by atoms with Gasteiger partial charge in [0.25, 0.3) is 0 Å². The second kappa shape index (κ2) is 7.69. The van der Waals surface area contributed by atoms with Crippen molar-refractivity contribution in [1.29, 1.82) is 0 Å². The fraction of sp³-hybridized carbons (Fsp3) is 0.900. The van der Waals surface area contributed by atoms with E-state index in [1.165, 1.54) is 5.75 Å². The van der Waals surface area contributed by atoms with Crippen molar-refractivity contribution < 1.29 is 4.79 Å². The van der Waals surface area contributed by atoms with Crippen molar-refractivity contribution in [3.05, 3.63) is 0 Å². The Balaban J connectivity index is 0.00000128. The maximum atomic E-state index is 11.9. The molecule has 0 aromatic heterocycles. The summed E-state index contributed by atoms with van der Waals surface area (Å²) in [6, 6.07) is 0.409. The summed E-state index contributed by atoms with van der Waals surface area (Å²) in [5, 5.41) is 6.68. The average molecular weight is 283 g/mol. The predicted octanol–water partition coefficient (Wildman–Crippen LogP) is 1.12. The molecule has 0 saturated carbocycles. The van der Waals surface area contributed by atoms with Crippen LogP contribution in [0.5, 0.6) is 0 Å². The molecule has 2 N–H and O–H groups in total. The highest BCUT2D eigenvalue weighted by atomic mass is 35.5. The first kappa shape index (κ1) is 14.5. The Morgan fingerprint density at radius 1 is 1.25 bits per heavy atom. The van der Waals surface area contributed by atoms with Gasteiger partial charge in [-0.25, -0.2) is 0 Å². The quantitative estimate of drug-likeness (QED) is 0.797. The molecule has 2 saturated heterocycles. The number of hydrogen-bond acceptors (Lipinski definition) is 4. The number of piperidine rings is 1. The largest absolute Gasteiger partial charge is 0.352 e. The Morgan fingerprint density at radius 2 is 2.00 bits per heavy atom. The average Bonchev–Trinajstić information content (AvgIpc) is 2.31. The maximum absolute atomic E-state index is 11.9. The second-order valence-electron chi connectivity index (χ2n) is 3.97. The molecule has 1 amide bonds. The van der Waals surface area contributed by atoms with Gasteiger partial charge < -0.3 is 10.6 Å². The molecule has 1 unspecified atom stereocenters. The molecule has 2 rings (SSSR count). The number of rotatable bonds is 2.